The summed E-state index contributed by atoms with van der Waals surface area (Å²) in [5.74, 6) is 0.0619. The van der Waals surface area contributed by atoms with Gasteiger partial charge in [-0.2, -0.15) is 4.98 Å². The van der Waals surface area contributed by atoms with Crippen LogP contribution in [0.25, 0.3) is 10.9 Å². The van der Waals surface area contributed by atoms with E-state index in [0.717, 1.165) is 16.5 Å². The molecule has 3 heterocycles. The molecular formula is C26H33N9O2. The quantitative estimate of drug-likeness (QED) is 0.414. The first-order valence-corrected chi connectivity index (χ1v) is 12.3. The Kier molecular flexibility index (Phi) is 7.51. The fourth-order valence-corrected chi connectivity index (χ4v) is 4.22. The maximum absolute atomic E-state index is 12.4. The SMILES string of the molecule is CC(=O)N1CCN(c2nc(NC(C)c3cnc4ccccc4c3)c(N)c(C(=NC(C)C)C(N)=O)n2)CC1. The van der Waals surface area contributed by atoms with Crippen LogP contribution in [0.3, 0.4) is 0 Å². The highest BCUT2D eigenvalue weighted by molar-refractivity contribution is 6.45. The summed E-state index contributed by atoms with van der Waals surface area (Å²) in [5.41, 5.74) is 14.4. The average molecular weight is 504 g/mol. The second-order valence-corrected chi connectivity index (χ2v) is 9.39. The van der Waals surface area contributed by atoms with Crippen molar-refractivity contribution in [3.63, 3.8) is 0 Å². The summed E-state index contributed by atoms with van der Waals surface area (Å²) in [6.45, 7) is 9.40. The van der Waals surface area contributed by atoms with Crippen LogP contribution in [-0.2, 0) is 9.59 Å². The van der Waals surface area contributed by atoms with Crippen LogP contribution in [-0.4, -0.2) is 69.6 Å². The van der Waals surface area contributed by atoms with Crippen LogP contribution >= 0.6 is 0 Å². The predicted molar refractivity (Wildman–Crippen MR) is 146 cm³/mol. The molecule has 0 radical (unpaired) electrons. The number of carbonyl (C=O) groups is 2. The smallest absolute Gasteiger partial charge is 0.269 e. The van der Waals surface area contributed by atoms with Crippen molar-refractivity contribution in [1.29, 1.82) is 0 Å². The zero-order valence-electron chi connectivity index (χ0n) is 21.6. The molecule has 37 heavy (non-hydrogen) atoms. The van der Waals surface area contributed by atoms with Crippen LogP contribution in [0, 0.1) is 0 Å². The normalized spacial score (nSPS) is 15.2. The highest BCUT2D eigenvalue weighted by Gasteiger charge is 2.26. The van der Waals surface area contributed by atoms with E-state index in [9.17, 15) is 9.59 Å². The molecule has 1 atom stereocenters. The number of pyridine rings is 1. The number of piperazine rings is 1. The summed E-state index contributed by atoms with van der Waals surface area (Å²) in [6, 6.07) is 9.56. The number of nitrogens with two attached hydrogens (primary N) is 2. The Morgan fingerprint density at radius 1 is 1.08 bits per heavy atom. The van der Waals surface area contributed by atoms with E-state index in [0.29, 0.717) is 37.9 Å². The van der Waals surface area contributed by atoms with Gasteiger partial charge in [-0.25, -0.2) is 4.98 Å². The van der Waals surface area contributed by atoms with Crippen molar-refractivity contribution in [2.24, 2.45) is 10.7 Å². The first kappa shape index (κ1) is 25.8. The number of anilines is 3. The first-order valence-electron chi connectivity index (χ1n) is 12.3. The third-order valence-corrected chi connectivity index (χ3v) is 6.25. The van der Waals surface area contributed by atoms with E-state index in [1.807, 2.05) is 56.1 Å². The Morgan fingerprint density at radius 2 is 1.78 bits per heavy atom. The monoisotopic (exact) mass is 503 g/mol. The zero-order valence-corrected chi connectivity index (χ0v) is 21.6. The van der Waals surface area contributed by atoms with Gasteiger partial charge in [-0.05, 0) is 38.5 Å². The van der Waals surface area contributed by atoms with E-state index in [1.54, 1.807) is 11.8 Å². The molecule has 0 saturated carbocycles. The molecule has 5 N–H and O–H groups in total. The van der Waals surface area contributed by atoms with Gasteiger partial charge in [0.05, 0.1) is 11.6 Å². The van der Waals surface area contributed by atoms with E-state index in [2.05, 4.69) is 26.3 Å². The number of nitrogens with zero attached hydrogens (tertiary/aromatic N) is 6. The Hall–Kier alpha value is -4.28. The number of fused-ring (bicyclic) bond motifs is 1. The predicted octanol–water partition coefficient (Wildman–Crippen LogP) is 2.13. The molecule has 194 valence electrons. The molecule has 1 unspecified atom stereocenters. The number of para-hydroxylation sites is 1. The number of nitrogens with one attached hydrogen (secondary N) is 1. The lowest BCUT2D eigenvalue weighted by atomic mass is 10.1. The highest BCUT2D eigenvalue weighted by Crippen LogP contribution is 2.29. The Morgan fingerprint density at radius 3 is 2.43 bits per heavy atom. The fourth-order valence-electron chi connectivity index (χ4n) is 4.22. The van der Waals surface area contributed by atoms with Crippen LogP contribution in [0.2, 0.25) is 0 Å². The largest absolute Gasteiger partial charge is 0.394 e. The summed E-state index contributed by atoms with van der Waals surface area (Å²) in [5, 5.41) is 4.39. The number of hydrogen-bond donors (Lipinski definition) is 3. The number of benzene rings is 1. The maximum Gasteiger partial charge on any atom is 0.269 e. The Balaban J connectivity index is 1.73. The van der Waals surface area contributed by atoms with Crippen molar-refractivity contribution in [2.75, 3.05) is 42.1 Å². The summed E-state index contributed by atoms with van der Waals surface area (Å²) in [4.78, 5) is 46.2. The molecule has 1 saturated heterocycles. The molecule has 1 aromatic carbocycles. The molecule has 0 spiro atoms. The molecule has 1 aliphatic rings. The van der Waals surface area contributed by atoms with Crippen molar-refractivity contribution >= 4 is 45.9 Å². The van der Waals surface area contributed by atoms with Gasteiger partial charge in [-0.3, -0.25) is 19.6 Å². The number of hydrogen-bond acceptors (Lipinski definition) is 9. The molecular weight excluding hydrogens is 470 g/mol. The fraction of sp³-hybridized carbons (Fsp3) is 0.385. The van der Waals surface area contributed by atoms with Gasteiger partial charge in [-0.15, -0.1) is 0 Å². The molecule has 3 aromatic rings. The molecule has 0 bridgehead atoms. The lowest BCUT2D eigenvalue weighted by Crippen LogP contribution is -2.48. The third-order valence-electron chi connectivity index (χ3n) is 6.25. The number of primary amides is 1. The lowest BCUT2D eigenvalue weighted by molar-refractivity contribution is -0.129. The number of rotatable bonds is 7. The topological polar surface area (TPSA) is 156 Å². The van der Waals surface area contributed by atoms with Gasteiger partial charge < -0.3 is 26.6 Å². The molecule has 4 rings (SSSR count). The summed E-state index contributed by atoms with van der Waals surface area (Å²) < 4.78 is 0. The molecule has 11 heteroatoms. The number of carbonyl (C=O) groups excluding carboxylic acids is 2. The molecule has 2 aromatic heterocycles. The van der Waals surface area contributed by atoms with E-state index in [4.69, 9.17) is 16.5 Å². The summed E-state index contributed by atoms with van der Waals surface area (Å²) in [7, 11) is 0. The lowest BCUT2D eigenvalue weighted by Gasteiger charge is -2.34. The molecule has 0 aliphatic carbocycles. The van der Waals surface area contributed by atoms with Crippen molar-refractivity contribution < 1.29 is 9.59 Å². The minimum atomic E-state index is -0.718. The molecule has 1 aliphatic heterocycles. The van der Waals surface area contributed by atoms with Crippen molar-refractivity contribution in [2.45, 2.75) is 39.8 Å². The van der Waals surface area contributed by atoms with Crippen LogP contribution in [0.4, 0.5) is 17.5 Å². The van der Waals surface area contributed by atoms with Crippen molar-refractivity contribution in [1.82, 2.24) is 19.9 Å². The van der Waals surface area contributed by atoms with E-state index < -0.39 is 5.91 Å². The zero-order chi connectivity index (χ0) is 26.7. The van der Waals surface area contributed by atoms with Crippen molar-refractivity contribution in [3.05, 3.63) is 47.8 Å². The average Bonchev–Trinajstić information content (AvgIpc) is 2.88. The van der Waals surface area contributed by atoms with Crippen LogP contribution in [0.15, 0.2) is 41.5 Å². The number of amides is 2. The minimum absolute atomic E-state index is 0.00148. The van der Waals surface area contributed by atoms with E-state index in [-0.39, 0.29) is 35.1 Å². The van der Waals surface area contributed by atoms with Gasteiger partial charge in [0.1, 0.15) is 11.4 Å². The van der Waals surface area contributed by atoms with Crippen LogP contribution in [0.1, 0.15) is 45.0 Å². The second-order valence-electron chi connectivity index (χ2n) is 9.39. The van der Waals surface area contributed by atoms with Crippen LogP contribution < -0.4 is 21.7 Å². The Bertz CT molecular complexity index is 1350. The van der Waals surface area contributed by atoms with Gasteiger partial charge in [-0.1, -0.05) is 18.2 Å². The highest BCUT2D eigenvalue weighted by atomic mass is 16.2. The number of nitrogen functional groups attached to an aromatic ring is 1. The van der Waals surface area contributed by atoms with Crippen LogP contribution in [0.5, 0.6) is 0 Å². The number of aliphatic imine (C=N–C) groups is 1. The molecule has 1 fully saturated rings. The van der Waals surface area contributed by atoms with Gasteiger partial charge in [0.2, 0.25) is 11.9 Å². The first-order chi connectivity index (χ1) is 17.6. The van der Waals surface area contributed by atoms with Crippen molar-refractivity contribution in [3.8, 4) is 0 Å². The summed E-state index contributed by atoms with van der Waals surface area (Å²) >= 11 is 0. The second kappa shape index (κ2) is 10.8. The minimum Gasteiger partial charge on any atom is -0.394 e. The number of aromatic nitrogens is 3. The summed E-state index contributed by atoms with van der Waals surface area (Å²) in [6.07, 6.45) is 1.81. The standard InChI is InChI=1S/C26H33N9O2/c1-15(2)30-23(24(28)37)22-21(27)25(33-26(32-22)35-11-9-34(10-12-35)17(4)36)31-16(3)19-13-18-7-5-6-8-20(18)29-14-19/h5-8,13-16H,9-12,27H2,1-4H3,(H2,28,37)(H,31,32,33). The molecule has 2 amide bonds. The van der Waals surface area contributed by atoms with E-state index >= 15 is 0 Å². The molecule has 11 nitrogen and oxygen atoms in total. The third kappa shape index (κ3) is 5.76. The van der Waals surface area contributed by atoms with Gasteiger partial charge in [0.15, 0.2) is 11.5 Å². The van der Waals surface area contributed by atoms with Gasteiger partial charge in [0.25, 0.3) is 5.91 Å². The maximum atomic E-state index is 12.4. The van der Waals surface area contributed by atoms with Gasteiger partial charge >= 0.3 is 0 Å². The van der Waals surface area contributed by atoms with E-state index in [1.165, 1.54) is 0 Å². The van der Waals surface area contributed by atoms with Gasteiger partial charge in [0, 0.05) is 50.7 Å². The Labute approximate surface area is 216 Å².